The summed E-state index contributed by atoms with van der Waals surface area (Å²) in [6.45, 7) is 7.75. The van der Waals surface area contributed by atoms with Crippen LogP contribution >= 0.6 is 0 Å². The number of ether oxygens (including phenoxy) is 11. The Bertz CT molecular complexity index is 2120. The maximum absolute atomic E-state index is 12.3. The molecule has 3 aromatic rings. The zero-order valence-corrected chi connectivity index (χ0v) is 30.6. The number of rotatable bonds is 8. The third-order valence-electron chi connectivity index (χ3n) is 8.51. The Kier molecular flexibility index (Phi) is 10.9. The van der Waals surface area contributed by atoms with Gasteiger partial charge in [0.05, 0.1) is 0 Å². The van der Waals surface area contributed by atoms with Crippen molar-refractivity contribution >= 4 is 63.3 Å². The number of carbonyl (C=O) groups excluding carboxylic acids is 7. The van der Waals surface area contributed by atoms with Gasteiger partial charge in [0.1, 0.15) is 24.6 Å². The molecule has 0 bridgehead atoms. The first-order valence-electron chi connectivity index (χ1n) is 16.9. The van der Waals surface area contributed by atoms with E-state index in [1.807, 2.05) is 0 Å². The fourth-order valence-corrected chi connectivity index (χ4v) is 6.73. The van der Waals surface area contributed by atoms with E-state index >= 15 is 0 Å². The van der Waals surface area contributed by atoms with Crippen LogP contribution in [0.15, 0.2) is 24.3 Å². The largest absolute Gasteiger partial charge is 0.463 e. The Morgan fingerprint density at radius 2 is 1.02 bits per heavy atom. The molecular formula is C37H36O18. The quantitative estimate of drug-likeness (QED) is 0.139. The smallest absolute Gasteiger partial charge is 0.308 e. The molecule has 0 aromatic heterocycles. The van der Waals surface area contributed by atoms with Crippen LogP contribution in [0.3, 0.4) is 0 Å². The highest BCUT2D eigenvalue weighted by Gasteiger charge is 2.57. The molecule has 2 saturated heterocycles. The summed E-state index contributed by atoms with van der Waals surface area (Å²) in [7, 11) is 0. The van der Waals surface area contributed by atoms with Crippen LogP contribution < -0.4 is 23.7 Å². The van der Waals surface area contributed by atoms with Crippen LogP contribution in [0.25, 0.3) is 21.5 Å². The van der Waals surface area contributed by atoms with E-state index in [0.717, 1.165) is 27.7 Å². The normalized spacial score (nSPS) is 23.8. The lowest BCUT2D eigenvalue weighted by Crippen LogP contribution is -2.67. The van der Waals surface area contributed by atoms with Gasteiger partial charge in [-0.2, -0.15) is 0 Å². The molecule has 0 N–H and O–H groups in total. The molecule has 292 valence electrons. The van der Waals surface area contributed by atoms with Crippen molar-refractivity contribution in [2.75, 3.05) is 6.61 Å². The molecule has 2 fully saturated rings. The highest BCUT2D eigenvalue weighted by atomic mass is 16.8. The lowest BCUT2D eigenvalue weighted by Gasteiger charge is -2.50. The Morgan fingerprint density at radius 3 is 1.51 bits per heavy atom. The Balaban J connectivity index is 1.53. The molecule has 55 heavy (non-hydrogen) atoms. The molecule has 18 heteroatoms. The highest BCUT2D eigenvalue weighted by molar-refractivity contribution is 6.14. The number of esters is 7. The van der Waals surface area contributed by atoms with Crippen molar-refractivity contribution in [3.05, 3.63) is 29.8 Å². The summed E-state index contributed by atoms with van der Waals surface area (Å²) in [6, 6.07) is 5.79. The molecule has 7 atom stereocenters. The first-order chi connectivity index (χ1) is 26.0. The van der Waals surface area contributed by atoms with Gasteiger partial charge in [0.25, 0.3) is 0 Å². The number of benzene rings is 3. The standard InChI is InChI=1S/C37H36O18/c1-14(38)45-13-31-33(50-19(6)43)34(51-20(7)44)35-37(53-31)52-30-12-25-23-10-27(47-16(3)40)26(46-15(2)39)8-21(23)22-9-28(48-17(4)41)29(49-18(5)42)11-24(22)32(25)54-36(30)55-35/h8-11,30-31,33-37H,12-13H2,1-7H3. The zero-order valence-electron chi connectivity index (χ0n) is 30.6. The third-order valence-corrected chi connectivity index (χ3v) is 8.51. The molecule has 18 nitrogen and oxygen atoms in total. The van der Waals surface area contributed by atoms with Crippen molar-refractivity contribution in [1.82, 2.24) is 0 Å². The van der Waals surface area contributed by atoms with Gasteiger partial charge < -0.3 is 52.1 Å². The van der Waals surface area contributed by atoms with Crippen molar-refractivity contribution < 1.29 is 85.7 Å². The van der Waals surface area contributed by atoms with Crippen LogP contribution in [0, 0.1) is 0 Å². The van der Waals surface area contributed by atoms with Crippen molar-refractivity contribution in [1.29, 1.82) is 0 Å². The third kappa shape index (κ3) is 8.30. The molecule has 0 spiro atoms. The molecule has 6 rings (SSSR count). The summed E-state index contributed by atoms with van der Waals surface area (Å²) in [5.74, 6) is -5.22. The predicted octanol–water partition coefficient (Wildman–Crippen LogP) is 2.89. The van der Waals surface area contributed by atoms with Crippen molar-refractivity contribution in [3.63, 3.8) is 0 Å². The average molecular weight is 769 g/mol. The van der Waals surface area contributed by atoms with Crippen LogP contribution in [0.2, 0.25) is 0 Å². The summed E-state index contributed by atoms with van der Waals surface area (Å²) in [5, 5.41) is 1.52. The molecule has 3 heterocycles. The lowest BCUT2D eigenvalue weighted by molar-refractivity contribution is -0.390. The first kappa shape index (κ1) is 38.9. The van der Waals surface area contributed by atoms with Crippen LogP contribution in [-0.4, -0.2) is 91.5 Å². The number of carbonyl (C=O) groups is 7. The van der Waals surface area contributed by atoms with Gasteiger partial charge in [-0.3, -0.25) is 33.6 Å². The predicted molar refractivity (Wildman–Crippen MR) is 181 cm³/mol. The first-order valence-corrected chi connectivity index (χ1v) is 16.9. The second-order valence-electron chi connectivity index (χ2n) is 12.8. The van der Waals surface area contributed by atoms with Crippen molar-refractivity contribution in [3.8, 4) is 28.7 Å². The fourth-order valence-electron chi connectivity index (χ4n) is 6.73. The van der Waals surface area contributed by atoms with E-state index in [4.69, 9.17) is 52.1 Å². The van der Waals surface area contributed by atoms with Crippen molar-refractivity contribution in [2.45, 2.75) is 98.0 Å². The van der Waals surface area contributed by atoms with E-state index in [0.29, 0.717) is 27.1 Å². The molecule has 0 amide bonds. The molecule has 0 saturated carbocycles. The van der Waals surface area contributed by atoms with Gasteiger partial charge in [0.2, 0.25) is 6.29 Å². The Morgan fingerprint density at radius 1 is 0.545 bits per heavy atom. The van der Waals surface area contributed by atoms with Gasteiger partial charge in [0, 0.05) is 65.8 Å². The molecule has 0 radical (unpaired) electrons. The van der Waals surface area contributed by atoms with E-state index in [-0.39, 0.29) is 41.8 Å². The van der Waals surface area contributed by atoms with E-state index < -0.39 is 84.9 Å². The summed E-state index contributed by atoms with van der Waals surface area (Å²) < 4.78 is 63.4. The Labute approximate surface area is 312 Å². The molecular weight excluding hydrogens is 732 g/mol. The van der Waals surface area contributed by atoms with E-state index in [1.165, 1.54) is 45.0 Å². The molecule has 3 aliphatic rings. The fraction of sp³-hybridized carbons (Fsp3) is 0.432. The van der Waals surface area contributed by atoms with Gasteiger partial charge in [-0.05, 0) is 40.4 Å². The van der Waals surface area contributed by atoms with Gasteiger partial charge >= 0.3 is 41.8 Å². The van der Waals surface area contributed by atoms with Gasteiger partial charge in [-0.1, -0.05) is 0 Å². The minimum atomic E-state index is -1.31. The minimum absolute atomic E-state index is 0.0419. The molecule has 7 unspecified atom stereocenters. The van der Waals surface area contributed by atoms with Gasteiger partial charge in [0.15, 0.2) is 47.6 Å². The topological polar surface area (TPSA) is 221 Å². The second-order valence-corrected chi connectivity index (χ2v) is 12.8. The maximum Gasteiger partial charge on any atom is 0.308 e. The molecule has 0 aliphatic carbocycles. The van der Waals surface area contributed by atoms with Crippen LogP contribution in [0.4, 0.5) is 0 Å². The summed E-state index contributed by atoms with van der Waals surface area (Å²) >= 11 is 0. The second kappa shape index (κ2) is 15.5. The van der Waals surface area contributed by atoms with E-state index in [1.54, 1.807) is 0 Å². The average Bonchev–Trinajstić information content (AvgIpc) is 3.06. The van der Waals surface area contributed by atoms with Crippen LogP contribution in [0.5, 0.6) is 28.7 Å². The Hall–Kier alpha value is -5.85. The van der Waals surface area contributed by atoms with Crippen LogP contribution in [-0.2, 0) is 68.4 Å². The highest BCUT2D eigenvalue weighted by Crippen LogP contribution is 2.50. The number of hydrogen-bond acceptors (Lipinski definition) is 18. The lowest BCUT2D eigenvalue weighted by atomic mass is 9.90. The van der Waals surface area contributed by atoms with E-state index in [9.17, 15) is 33.6 Å². The minimum Gasteiger partial charge on any atom is -0.463 e. The summed E-state index contributed by atoms with van der Waals surface area (Å²) in [5.41, 5.74) is 0.476. The summed E-state index contributed by atoms with van der Waals surface area (Å²) in [4.78, 5) is 84.8. The van der Waals surface area contributed by atoms with Gasteiger partial charge in [-0.15, -0.1) is 0 Å². The van der Waals surface area contributed by atoms with Crippen LogP contribution in [0.1, 0.15) is 54.0 Å². The SMILES string of the molecule is CC(=O)OCC1OC2OC3Cc4c(c5cc(OC(C)=O)c(OC(C)=O)cc5c5cc(OC(C)=O)c(OC(C)=O)cc45)OC3OC2C(OC(C)=O)C1OC(C)=O. The monoisotopic (exact) mass is 768 g/mol. The maximum atomic E-state index is 12.3. The number of hydrogen-bond donors (Lipinski definition) is 0. The molecule has 3 aliphatic heterocycles. The van der Waals surface area contributed by atoms with Crippen molar-refractivity contribution in [2.24, 2.45) is 0 Å². The summed E-state index contributed by atoms with van der Waals surface area (Å²) in [6.07, 6.45) is -8.34. The zero-order chi connectivity index (χ0) is 39.9. The van der Waals surface area contributed by atoms with E-state index in [2.05, 4.69) is 0 Å². The van der Waals surface area contributed by atoms with Gasteiger partial charge in [-0.25, -0.2) is 0 Å². The number of fused-ring (bicyclic) bond motifs is 8. The molecule has 3 aromatic carbocycles.